The van der Waals surface area contributed by atoms with Gasteiger partial charge in [0.2, 0.25) is 5.91 Å². The first-order chi connectivity index (χ1) is 15.1. The van der Waals surface area contributed by atoms with Crippen LogP contribution in [0.5, 0.6) is 0 Å². The quantitative estimate of drug-likeness (QED) is 0.652. The number of amides is 1. The predicted molar refractivity (Wildman–Crippen MR) is 127 cm³/mol. The summed E-state index contributed by atoms with van der Waals surface area (Å²) in [6, 6.07) is 15.3. The minimum atomic E-state index is -0.365. The van der Waals surface area contributed by atoms with E-state index in [-0.39, 0.29) is 12.0 Å². The number of primary amides is 1. The molecule has 31 heavy (non-hydrogen) atoms. The maximum atomic E-state index is 11.5. The highest BCUT2D eigenvalue weighted by atomic mass is 32.1. The number of piperazine rings is 1. The summed E-state index contributed by atoms with van der Waals surface area (Å²) in [6.45, 7) is 7.19. The molecule has 1 fully saturated rings. The third kappa shape index (κ3) is 4.20. The summed E-state index contributed by atoms with van der Waals surface area (Å²) >= 11 is 1.80. The number of thiophene rings is 1. The first-order valence-electron chi connectivity index (χ1n) is 11.1. The van der Waals surface area contributed by atoms with Gasteiger partial charge in [-0.1, -0.05) is 6.07 Å². The van der Waals surface area contributed by atoms with E-state index in [1.807, 2.05) is 18.2 Å². The summed E-state index contributed by atoms with van der Waals surface area (Å²) in [6.07, 6.45) is 1.90. The second-order valence-corrected chi connectivity index (χ2v) is 9.60. The Kier molecular flexibility index (Phi) is 5.69. The Morgan fingerprint density at radius 3 is 2.94 bits per heavy atom. The molecule has 6 heteroatoms. The van der Waals surface area contributed by atoms with Crippen LogP contribution in [0.1, 0.15) is 40.9 Å². The van der Waals surface area contributed by atoms with Crippen LogP contribution in [-0.4, -0.2) is 49.6 Å². The number of ether oxygens (including phenoxy) is 1. The van der Waals surface area contributed by atoms with Crippen molar-refractivity contribution in [3.05, 3.63) is 64.5 Å². The fourth-order valence-electron chi connectivity index (χ4n) is 4.93. The summed E-state index contributed by atoms with van der Waals surface area (Å²) in [5.74, 6) is -0.365. The van der Waals surface area contributed by atoms with Crippen molar-refractivity contribution in [2.24, 2.45) is 5.73 Å². The molecular weight excluding hydrogens is 406 g/mol. The smallest absolute Gasteiger partial charge is 0.248 e. The van der Waals surface area contributed by atoms with E-state index in [1.54, 1.807) is 11.3 Å². The third-order valence-corrected chi connectivity index (χ3v) is 7.61. The predicted octanol–water partition coefficient (Wildman–Crippen LogP) is 4.21. The number of nitrogens with two attached hydrogens (primary N) is 1. The Morgan fingerprint density at radius 1 is 1.19 bits per heavy atom. The van der Waals surface area contributed by atoms with E-state index < -0.39 is 0 Å². The van der Waals surface area contributed by atoms with E-state index in [2.05, 4.69) is 46.4 Å². The minimum Gasteiger partial charge on any atom is -0.373 e. The number of benzene rings is 2. The zero-order valence-corrected chi connectivity index (χ0v) is 18.7. The van der Waals surface area contributed by atoms with Crippen molar-refractivity contribution in [1.29, 1.82) is 0 Å². The van der Waals surface area contributed by atoms with E-state index in [0.29, 0.717) is 18.2 Å². The number of fused-ring (bicyclic) bond motifs is 2. The van der Waals surface area contributed by atoms with E-state index in [4.69, 9.17) is 10.5 Å². The van der Waals surface area contributed by atoms with Crippen LogP contribution in [0.4, 0.5) is 5.69 Å². The lowest BCUT2D eigenvalue weighted by molar-refractivity contribution is 0.0255. The number of rotatable bonds is 5. The van der Waals surface area contributed by atoms with Gasteiger partial charge in [0.05, 0.1) is 12.7 Å². The van der Waals surface area contributed by atoms with E-state index >= 15 is 0 Å². The van der Waals surface area contributed by atoms with Gasteiger partial charge in [0, 0.05) is 48.2 Å². The molecule has 1 saturated heterocycles. The topological polar surface area (TPSA) is 58.8 Å². The molecule has 0 unspecified atom stereocenters. The van der Waals surface area contributed by atoms with Gasteiger partial charge in [-0.2, -0.15) is 0 Å². The van der Waals surface area contributed by atoms with Gasteiger partial charge in [-0.05, 0) is 78.1 Å². The van der Waals surface area contributed by atoms with Crippen LogP contribution in [0.3, 0.4) is 0 Å². The molecule has 2 aliphatic rings. The van der Waals surface area contributed by atoms with E-state index in [1.165, 1.54) is 26.9 Å². The zero-order valence-electron chi connectivity index (χ0n) is 17.9. The van der Waals surface area contributed by atoms with Gasteiger partial charge >= 0.3 is 0 Å². The zero-order chi connectivity index (χ0) is 21.4. The Morgan fingerprint density at radius 2 is 2.10 bits per heavy atom. The fourth-order valence-corrected chi connectivity index (χ4v) is 5.70. The van der Waals surface area contributed by atoms with Gasteiger partial charge < -0.3 is 15.4 Å². The second-order valence-electron chi connectivity index (χ2n) is 8.65. The van der Waals surface area contributed by atoms with Crippen molar-refractivity contribution < 1.29 is 9.53 Å². The molecular formula is C25H29N3O2S. The molecule has 5 rings (SSSR count). The Labute approximate surface area is 187 Å². The molecule has 2 atom stereocenters. The lowest BCUT2D eigenvalue weighted by Crippen LogP contribution is -2.52. The third-order valence-electron chi connectivity index (χ3n) is 6.71. The molecule has 0 saturated carbocycles. The average Bonchev–Trinajstić information content (AvgIpc) is 3.25. The second kappa shape index (κ2) is 8.61. The summed E-state index contributed by atoms with van der Waals surface area (Å²) in [4.78, 5) is 16.6. The van der Waals surface area contributed by atoms with E-state index in [0.717, 1.165) is 39.0 Å². The van der Waals surface area contributed by atoms with Crippen LogP contribution >= 0.6 is 11.3 Å². The molecule has 1 aromatic heterocycles. The largest absolute Gasteiger partial charge is 0.373 e. The van der Waals surface area contributed by atoms with Crippen molar-refractivity contribution in [2.45, 2.75) is 31.9 Å². The van der Waals surface area contributed by atoms with Crippen LogP contribution in [0, 0.1) is 0 Å². The molecule has 0 bridgehead atoms. The lowest BCUT2D eigenvalue weighted by atomic mass is 9.93. The number of nitrogens with zero attached hydrogens (tertiary/aromatic N) is 2. The molecule has 5 nitrogen and oxygen atoms in total. The SMILES string of the molecule is C[C@@H]1CN(c2ccc3sccc3c2)CCN1CC[C@@H]1OCCc2cc(C(N)=O)ccc21. The molecule has 3 aromatic rings. The van der Waals surface area contributed by atoms with Crippen molar-refractivity contribution in [1.82, 2.24) is 4.90 Å². The molecule has 162 valence electrons. The van der Waals surface area contributed by atoms with Crippen molar-refractivity contribution in [3.8, 4) is 0 Å². The Hall–Kier alpha value is -2.41. The standard InChI is InChI=1S/C25H29N3O2S/c1-17-16-28(21-3-5-24-19(15-21)8-13-31-24)11-10-27(17)9-6-23-22-4-2-20(25(26)29)14-18(22)7-12-30-23/h2-5,8,13-15,17,23H,6-7,9-12,16H2,1H3,(H2,26,29)/t17-,23+/m1/s1. The van der Waals surface area contributed by atoms with Gasteiger partial charge in [0.15, 0.2) is 0 Å². The van der Waals surface area contributed by atoms with Crippen LogP contribution in [-0.2, 0) is 11.2 Å². The van der Waals surface area contributed by atoms with Crippen molar-refractivity contribution in [3.63, 3.8) is 0 Å². The molecule has 1 amide bonds. The minimum absolute atomic E-state index is 0.0944. The number of hydrogen-bond donors (Lipinski definition) is 1. The van der Waals surface area contributed by atoms with Crippen LogP contribution in [0.2, 0.25) is 0 Å². The van der Waals surface area contributed by atoms with Gasteiger partial charge in [-0.3, -0.25) is 9.69 Å². The van der Waals surface area contributed by atoms with Gasteiger partial charge in [-0.15, -0.1) is 11.3 Å². The molecule has 0 radical (unpaired) electrons. The van der Waals surface area contributed by atoms with Crippen LogP contribution in [0.15, 0.2) is 47.8 Å². The normalized spacial score (nSPS) is 21.9. The first kappa shape index (κ1) is 20.5. The lowest BCUT2D eigenvalue weighted by Gasteiger charge is -2.41. The number of carbonyl (C=O) groups is 1. The molecule has 2 aliphatic heterocycles. The highest BCUT2D eigenvalue weighted by molar-refractivity contribution is 7.17. The molecule has 0 spiro atoms. The summed E-state index contributed by atoms with van der Waals surface area (Å²) in [7, 11) is 0. The maximum Gasteiger partial charge on any atom is 0.248 e. The molecule has 0 aliphatic carbocycles. The Bertz CT molecular complexity index is 1100. The molecule has 3 heterocycles. The van der Waals surface area contributed by atoms with E-state index in [9.17, 15) is 4.79 Å². The number of carbonyl (C=O) groups excluding carboxylic acids is 1. The summed E-state index contributed by atoms with van der Waals surface area (Å²) < 4.78 is 7.46. The van der Waals surface area contributed by atoms with Gasteiger partial charge in [0.25, 0.3) is 0 Å². The van der Waals surface area contributed by atoms with Crippen molar-refractivity contribution >= 4 is 33.0 Å². The highest BCUT2D eigenvalue weighted by Crippen LogP contribution is 2.32. The van der Waals surface area contributed by atoms with Crippen molar-refractivity contribution in [2.75, 3.05) is 37.7 Å². The first-order valence-corrected chi connectivity index (χ1v) is 12.0. The van der Waals surface area contributed by atoms with Gasteiger partial charge in [-0.25, -0.2) is 0 Å². The number of anilines is 1. The Balaban J connectivity index is 1.21. The van der Waals surface area contributed by atoms with Gasteiger partial charge in [0.1, 0.15) is 0 Å². The fraction of sp³-hybridized carbons (Fsp3) is 0.400. The molecule has 2 N–H and O–H groups in total. The average molecular weight is 436 g/mol. The molecule has 2 aromatic carbocycles. The maximum absolute atomic E-state index is 11.5. The van der Waals surface area contributed by atoms with Crippen LogP contribution in [0.25, 0.3) is 10.1 Å². The van der Waals surface area contributed by atoms with Crippen LogP contribution < -0.4 is 10.6 Å². The summed E-state index contributed by atoms with van der Waals surface area (Å²) in [5, 5.41) is 3.50. The highest BCUT2D eigenvalue weighted by Gasteiger charge is 2.27. The monoisotopic (exact) mass is 435 g/mol. The summed E-state index contributed by atoms with van der Waals surface area (Å²) in [5.41, 5.74) is 9.78. The number of hydrogen-bond acceptors (Lipinski definition) is 5.